The number of aryl methyl sites for hydroxylation is 2. The number of rotatable bonds is 7. The lowest BCUT2D eigenvalue weighted by atomic mass is 10.0. The number of fused-ring (bicyclic) bond motifs is 1. The van der Waals surface area contributed by atoms with Crippen LogP contribution in [0.5, 0.6) is 5.75 Å². The first-order chi connectivity index (χ1) is 16.0. The molecule has 1 aromatic carbocycles. The van der Waals surface area contributed by atoms with Gasteiger partial charge in [0.1, 0.15) is 29.2 Å². The topological polar surface area (TPSA) is 108 Å². The molecule has 1 amide bonds. The molecule has 2 heterocycles. The smallest absolute Gasteiger partial charge is 0.408 e. The number of hydrogen-bond donors (Lipinski definition) is 1. The summed E-state index contributed by atoms with van der Waals surface area (Å²) in [6, 6.07) is 2.33. The second-order valence-corrected chi connectivity index (χ2v) is 10.1. The monoisotopic (exact) mass is 486 g/mol. The highest BCUT2D eigenvalue weighted by molar-refractivity contribution is 7.09. The van der Waals surface area contributed by atoms with E-state index in [1.54, 1.807) is 32.9 Å². The van der Waals surface area contributed by atoms with Crippen molar-refractivity contribution >= 4 is 34.4 Å². The molecule has 34 heavy (non-hydrogen) atoms. The number of carbonyl (C=O) groups is 2. The Morgan fingerprint density at radius 1 is 1.26 bits per heavy atom. The van der Waals surface area contributed by atoms with Gasteiger partial charge in [0.05, 0.1) is 21.7 Å². The van der Waals surface area contributed by atoms with Crippen molar-refractivity contribution < 1.29 is 23.5 Å². The number of aromatic nitrogens is 1. The first-order valence-electron chi connectivity index (χ1n) is 11.2. The standard InChI is InChI=1S/C25H30N2O6S/c1-7-8-9-16-10-17-21(31-12-18(22(17)28)19-13-34-15(3)27-19)11-20(16)32-23(29)14(2)26-24(30)33-25(4,5)6/h10-14H,7-9H2,1-6H3,(H,26,30). The molecular formula is C25H30N2O6S. The van der Waals surface area contributed by atoms with E-state index in [2.05, 4.69) is 17.2 Å². The van der Waals surface area contributed by atoms with Crippen LogP contribution in [0.2, 0.25) is 0 Å². The fourth-order valence-corrected chi connectivity index (χ4v) is 3.88. The molecule has 2 aromatic heterocycles. The Kier molecular flexibility index (Phi) is 7.76. The molecule has 0 aliphatic carbocycles. The van der Waals surface area contributed by atoms with Crippen molar-refractivity contribution in [3.05, 3.63) is 44.6 Å². The molecule has 0 saturated carbocycles. The predicted molar refractivity (Wildman–Crippen MR) is 131 cm³/mol. The zero-order valence-electron chi connectivity index (χ0n) is 20.3. The normalized spacial score (nSPS) is 12.4. The highest BCUT2D eigenvalue weighted by Crippen LogP contribution is 2.29. The van der Waals surface area contributed by atoms with Crippen LogP contribution < -0.4 is 15.5 Å². The average Bonchev–Trinajstić information content (AvgIpc) is 3.17. The van der Waals surface area contributed by atoms with Crippen LogP contribution in [0.3, 0.4) is 0 Å². The summed E-state index contributed by atoms with van der Waals surface area (Å²) in [4.78, 5) is 42.3. The maximum Gasteiger partial charge on any atom is 0.408 e. The van der Waals surface area contributed by atoms with E-state index in [0.29, 0.717) is 40.0 Å². The third-order valence-corrected chi connectivity index (χ3v) is 5.72. The van der Waals surface area contributed by atoms with Gasteiger partial charge in [-0.1, -0.05) is 13.3 Å². The molecule has 0 bridgehead atoms. The number of unbranched alkanes of at least 4 members (excludes halogenated alkanes) is 1. The summed E-state index contributed by atoms with van der Waals surface area (Å²) in [6.45, 7) is 10.6. The Hall–Kier alpha value is -3.20. The predicted octanol–water partition coefficient (Wildman–Crippen LogP) is 5.39. The number of hydrogen-bond acceptors (Lipinski definition) is 8. The number of thiazole rings is 1. The fraction of sp³-hybridized carbons (Fsp3) is 0.440. The summed E-state index contributed by atoms with van der Waals surface area (Å²) < 4.78 is 16.5. The van der Waals surface area contributed by atoms with Gasteiger partial charge in [-0.2, -0.15) is 0 Å². The van der Waals surface area contributed by atoms with Crippen LogP contribution >= 0.6 is 11.3 Å². The third kappa shape index (κ3) is 6.22. The average molecular weight is 487 g/mol. The molecule has 0 aliphatic heterocycles. The van der Waals surface area contributed by atoms with E-state index in [1.165, 1.54) is 24.5 Å². The number of esters is 1. The number of alkyl carbamates (subject to hydrolysis) is 1. The summed E-state index contributed by atoms with van der Waals surface area (Å²) >= 11 is 1.46. The second-order valence-electron chi connectivity index (χ2n) is 9.08. The molecule has 0 spiro atoms. The molecule has 0 saturated heterocycles. The van der Waals surface area contributed by atoms with E-state index in [9.17, 15) is 14.4 Å². The van der Waals surface area contributed by atoms with Crippen molar-refractivity contribution in [2.45, 2.75) is 72.4 Å². The number of benzene rings is 1. The summed E-state index contributed by atoms with van der Waals surface area (Å²) in [5.41, 5.74) is 1.10. The van der Waals surface area contributed by atoms with E-state index in [4.69, 9.17) is 13.9 Å². The molecule has 3 aromatic rings. The minimum atomic E-state index is -0.938. The molecule has 1 atom stereocenters. The number of nitrogens with zero attached hydrogens (tertiary/aromatic N) is 1. The summed E-state index contributed by atoms with van der Waals surface area (Å²) in [5.74, 6) is -0.357. The fourth-order valence-electron chi connectivity index (χ4n) is 3.26. The molecule has 1 N–H and O–H groups in total. The van der Waals surface area contributed by atoms with Crippen molar-refractivity contribution in [3.63, 3.8) is 0 Å². The van der Waals surface area contributed by atoms with Crippen LogP contribution in [0.25, 0.3) is 22.2 Å². The van der Waals surface area contributed by atoms with Gasteiger partial charge in [-0.25, -0.2) is 14.6 Å². The van der Waals surface area contributed by atoms with E-state index >= 15 is 0 Å². The van der Waals surface area contributed by atoms with Gasteiger partial charge in [-0.05, 0) is 59.1 Å². The molecule has 0 fully saturated rings. The van der Waals surface area contributed by atoms with Crippen molar-refractivity contribution in [1.82, 2.24) is 10.3 Å². The Morgan fingerprint density at radius 3 is 2.62 bits per heavy atom. The first kappa shape index (κ1) is 25.4. The lowest BCUT2D eigenvalue weighted by Crippen LogP contribution is -2.43. The number of ether oxygens (including phenoxy) is 2. The van der Waals surface area contributed by atoms with Gasteiger partial charge in [0.25, 0.3) is 0 Å². The van der Waals surface area contributed by atoms with Crippen molar-refractivity contribution in [2.24, 2.45) is 0 Å². The highest BCUT2D eigenvalue weighted by atomic mass is 32.1. The first-order valence-corrected chi connectivity index (χ1v) is 12.1. The van der Waals surface area contributed by atoms with E-state index in [0.717, 1.165) is 17.8 Å². The zero-order chi connectivity index (χ0) is 25.0. The zero-order valence-corrected chi connectivity index (χ0v) is 21.1. The van der Waals surface area contributed by atoms with E-state index in [-0.39, 0.29) is 5.43 Å². The molecule has 0 aliphatic rings. The molecular weight excluding hydrogens is 456 g/mol. The molecule has 0 radical (unpaired) electrons. The van der Waals surface area contributed by atoms with Gasteiger partial charge in [0.2, 0.25) is 5.43 Å². The quantitative estimate of drug-likeness (QED) is 0.352. The van der Waals surface area contributed by atoms with Gasteiger partial charge in [-0.3, -0.25) is 4.79 Å². The highest BCUT2D eigenvalue weighted by Gasteiger charge is 2.24. The number of amides is 1. The van der Waals surface area contributed by atoms with Crippen LogP contribution in [0.1, 0.15) is 58.0 Å². The summed E-state index contributed by atoms with van der Waals surface area (Å²) in [5, 5.41) is 5.55. The summed E-state index contributed by atoms with van der Waals surface area (Å²) in [6.07, 6.45) is 3.05. The van der Waals surface area contributed by atoms with E-state index in [1.807, 2.05) is 12.3 Å². The van der Waals surface area contributed by atoms with Gasteiger partial charge >= 0.3 is 12.1 Å². The minimum Gasteiger partial charge on any atom is -0.463 e. The maximum absolute atomic E-state index is 13.2. The molecule has 182 valence electrons. The summed E-state index contributed by atoms with van der Waals surface area (Å²) in [7, 11) is 0. The molecule has 1 unspecified atom stereocenters. The lowest BCUT2D eigenvalue weighted by molar-refractivity contribution is -0.136. The van der Waals surface area contributed by atoms with Crippen molar-refractivity contribution in [3.8, 4) is 17.0 Å². The number of carbonyl (C=O) groups excluding carboxylic acids is 2. The third-order valence-electron chi connectivity index (χ3n) is 4.95. The van der Waals surface area contributed by atoms with Gasteiger partial charge in [0, 0.05) is 11.4 Å². The molecule has 9 heteroatoms. The van der Waals surface area contributed by atoms with Crippen molar-refractivity contribution in [1.29, 1.82) is 0 Å². The maximum atomic E-state index is 13.2. The van der Waals surface area contributed by atoms with Crippen molar-refractivity contribution in [2.75, 3.05) is 0 Å². The van der Waals surface area contributed by atoms with Crippen LogP contribution in [-0.2, 0) is 16.0 Å². The van der Waals surface area contributed by atoms with Crippen LogP contribution in [-0.4, -0.2) is 28.7 Å². The second kappa shape index (κ2) is 10.4. The largest absolute Gasteiger partial charge is 0.463 e. The number of nitrogens with one attached hydrogen (secondary N) is 1. The lowest BCUT2D eigenvalue weighted by Gasteiger charge is -2.21. The minimum absolute atomic E-state index is 0.192. The van der Waals surface area contributed by atoms with Crippen LogP contribution in [0.4, 0.5) is 4.79 Å². The van der Waals surface area contributed by atoms with Crippen LogP contribution in [0.15, 0.2) is 33.0 Å². The van der Waals surface area contributed by atoms with E-state index < -0.39 is 23.7 Å². The SMILES string of the molecule is CCCCc1cc2c(=O)c(-c3csc(C)n3)coc2cc1OC(=O)C(C)NC(=O)OC(C)(C)C. The van der Waals surface area contributed by atoms with Gasteiger partial charge < -0.3 is 19.2 Å². The van der Waals surface area contributed by atoms with Gasteiger partial charge in [0.15, 0.2) is 0 Å². The van der Waals surface area contributed by atoms with Crippen LogP contribution in [0, 0.1) is 6.92 Å². The Bertz CT molecular complexity index is 1250. The Morgan fingerprint density at radius 2 is 2.00 bits per heavy atom. The Balaban J connectivity index is 1.91. The Labute approximate surface area is 202 Å². The van der Waals surface area contributed by atoms with Gasteiger partial charge in [-0.15, -0.1) is 11.3 Å². The molecule has 3 rings (SSSR count). The molecule has 8 nitrogen and oxygen atoms in total.